The normalized spacial score (nSPS) is 10.4. The fourth-order valence-corrected chi connectivity index (χ4v) is 3.14. The van der Waals surface area contributed by atoms with Gasteiger partial charge in [-0.3, -0.25) is 4.68 Å². The number of nitrogens with one attached hydrogen (secondary N) is 1. The van der Waals surface area contributed by atoms with Crippen LogP contribution in [0.15, 0.2) is 33.3 Å². The van der Waals surface area contributed by atoms with E-state index in [0.717, 1.165) is 14.6 Å². The van der Waals surface area contributed by atoms with Crippen LogP contribution in [0.25, 0.3) is 0 Å². The van der Waals surface area contributed by atoms with Gasteiger partial charge in [0.25, 0.3) is 0 Å². The Bertz CT molecular complexity index is 641. The first-order valence-corrected chi connectivity index (χ1v) is 7.39. The van der Waals surface area contributed by atoms with E-state index in [-0.39, 0.29) is 5.97 Å². The lowest BCUT2D eigenvalue weighted by atomic mass is 10.1. The molecule has 5 nitrogen and oxygen atoms in total. The summed E-state index contributed by atoms with van der Waals surface area (Å²) in [6.45, 7) is 0.556. The Kier molecular flexibility index (Phi) is 4.82. The van der Waals surface area contributed by atoms with E-state index in [1.165, 1.54) is 7.11 Å². The molecule has 0 spiro atoms. The van der Waals surface area contributed by atoms with E-state index in [1.54, 1.807) is 16.9 Å². The fourth-order valence-electron chi connectivity index (χ4n) is 1.78. The third kappa shape index (κ3) is 3.21. The number of methoxy groups -OCH3 is 1. The molecule has 0 fully saturated rings. The van der Waals surface area contributed by atoms with Gasteiger partial charge in [0, 0.05) is 22.2 Å². The highest BCUT2D eigenvalue weighted by atomic mass is 79.9. The molecule has 1 heterocycles. The van der Waals surface area contributed by atoms with Crippen molar-refractivity contribution in [1.29, 1.82) is 0 Å². The minimum atomic E-state index is -0.389. The monoisotopic (exact) mass is 401 g/mol. The first-order valence-electron chi connectivity index (χ1n) is 5.81. The average molecular weight is 403 g/mol. The Morgan fingerprint density at radius 3 is 2.80 bits per heavy atom. The quantitative estimate of drug-likeness (QED) is 0.796. The molecule has 20 heavy (non-hydrogen) atoms. The van der Waals surface area contributed by atoms with Crippen molar-refractivity contribution in [1.82, 2.24) is 9.78 Å². The molecule has 0 saturated heterocycles. The van der Waals surface area contributed by atoms with Gasteiger partial charge in [0.1, 0.15) is 0 Å². The van der Waals surface area contributed by atoms with Crippen molar-refractivity contribution in [2.45, 2.75) is 6.54 Å². The third-order valence-corrected chi connectivity index (χ3v) is 3.91. The number of carbonyl (C=O) groups excluding carboxylic acids is 1. The van der Waals surface area contributed by atoms with Crippen LogP contribution in [0.2, 0.25) is 0 Å². The van der Waals surface area contributed by atoms with Crippen LogP contribution < -0.4 is 5.32 Å². The maximum absolute atomic E-state index is 11.8. The molecule has 1 aromatic heterocycles. The van der Waals surface area contributed by atoms with Gasteiger partial charge >= 0.3 is 5.97 Å². The molecular formula is C13H13Br2N3O2. The first kappa shape index (κ1) is 15.1. The zero-order chi connectivity index (χ0) is 14.7. The molecule has 0 aliphatic heterocycles. The Morgan fingerprint density at radius 2 is 2.20 bits per heavy atom. The van der Waals surface area contributed by atoms with Crippen LogP contribution in [0.3, 0.4) is 0 Å². The fraction of sp³-hybridized carbons (Fsp3) is 0.231. The molecule has 7 heteroatoms. The van der Waals surface area contributed by atoms with Gasteiger partial charge in [-0.05, 0) is 34.1 Å². The molecule has 0 saturated carbocycles. The minimum Gasteiger partial charge on any atom is -0.465 e. The lowest BCUT2D eigenvalue weighted by Gasteiger charge is -2.13. The molecule has 0 bridgehead atoms. The summed E-state index contributed by atoms with van der Waals surface area (Å²) in [6, 6.07) is 5.51. The summed E-state index contributed by atoms with van der Waals surface area (Å²) in [7, 11) is 3.23. The van der Waals surface area contributed by atoms with E-state index < -0.39 is 0 Å². The zero-order valence-electron chi connectivity index (χ0n) is 11.0. The number of halogens is 2. The second-order valence-electron chi connectivity index (χ2n) is 4.10. The molecule has 1 N–H and O–H groups in total. The predicted molar refractivity (Wildman–Crippen MR) is 83.7 cm³/mol. The molecular weight excluding hydrogens is 390 g/mol. The summed E-state index contributed by atoms with van der Waals surface area (Å²) in [5, 5.41) is 7.34. The van der Waals surface area contributed by atoms with E-state index in [9.17, 15) is 4.79 Å². The van der Waals surface area contributed by atoms with Crippen molar-refractivity contribution in [2.75, 3.05) is 12.4 Å². The van der Waals surface area contributed by atoms with Gasteiger partial charge in [0.15, 0.2) is 0 Å². The van der Waals surface area contributed by atoms with Gasteiger partial charge in [0.2, 0.25) is 0 Å². The first-order chi connectivity index (χ1) is 9.52. The highest BCUT2D eigenvalue weighted by molar-refractivity contribution is 9.11. The largest absolute Gasteiger partial charge is 0.465 e. The molecule has 0 radical (unpaired) electrons. The van der Waals surface area contributed by atoms with E-state index in [2.05, 4.69) is 42.3 Å². The second-order valence-corrected chi connectivity index (χ2v) is 5.87. The van der Waals surface area contributed by atoms with Crippen molar-refractivity contribution < 1.29 is 9.53 Å². The van der Waals surface area contributed by atoms with E-state index in [0.29, 0.717) is 17.8 Å². The summed E-state index contributed by atoms with van der Waals surface area (Å²) in [4.78, 5) is 11.8. The minimum absolute atomic E-state index is 0.389. The van der Waals surface area contributed by atoms with Crippen LogP contribution >= 0.6 is 31.9 Å². The van der Waals surface area contributed by atoms with Crippen LogP contribution in [0.4, 0.5) is 5.69 Å². The number of esters is 1. The van der Waals surface area contributed by atoms with E-state index in [4.69, 9.17) is 4.74 Å². The second kappa shape index (κ2) is 6.41. The molecule has 0 unspecified atom stereocenters. The van der Waals surface area contributed by atoms with Crippen molar-refractivity contribution in [3.8, 4) is 0 Å². The maximum atomic E-state index is 11.8. The molecule has 0 aliphatic carbocycles. The number of benzene rings is 1. The Hall–Kier alpha value is -1.34. The number of carbonyl (C=O) groups is 1. The molecule has 2 rings (SSSR count). The lowest BCUT2D eigenvalue weighted by Crippen LogP contribution is -2.11. The predicted octanol–water partition coefficient (Wildman–Crippen LogP) is 3.34. The van der Waals surface area contributed by atoms with E-state index >= 15 is 0 Å². The van der Waals surface area contributed by atoms with Crippen LogP contribution in [-0.4, -0.2) is 22.9 Å². The third-order valence-electron chi connectivity index (χ3n) is 2.83. The Balaban J connectivity index is 2.30. The zero-order valence-corrected chi connectivity index (χ0v) is 14.2. The molecule has 0 aliphatic rings. The van der Waals surface area contributed by atoms with Gasteiger partial charge in [0.05, 0.1) is 30.6 Å². The standard InChI is InChI=1S/C13H13Br2N3O2/c1-18-9(3-4-17-18)7-16-12-10(13(19)20-2)5-8(14)6-11(12)15/h3-6,16H,7H2,1-2H3. The molecule has 1 aromatic carbocycles. The summed E-state index contributed by atoms with van der Waals surface area (Å²) in [5.41, 5.74) is 2.17. The number of ether oxygens (including phenoxy) is 1. The summed E-state index contributed by atoms with van der Waals surface area (Å²) >= 11 is 6.82. The molecule has 106 valence electrons. The van der Waals surface area contributed by atoms with Gasteiger partial charge in [-0.1, -0.05) is 15.9 Å². The number of anilines is 1. The summed E-state index contributed by atoms with van der Waals surface area (Å²) in [6.07, 6.45) is 1.73. The lowest BCUT2D eigenvalue weighted by molar-refractivity contribution is 0.0601. The number of aromatic nitrogens is 2. The average Bonchev–Trinajstić information content (AvgIpc) is 2.81. The summed E-state index contributed by atoms with van der Waals surface area (Å²) < 4.78 is 8.17. The van der Waals surface area contributed by atoms with E-state index in [1.807, 2.05) is 19.2 Å². The SMILES string of the molecule is COC(=O)c1cc(Br)cc(Br)c1NCc1ccnn1C. The van der Waals surface area contributed by atoms with Crippen molar-refractivity contribution in [3.05, 3.63) is 44.6 Å². The number of nitrogens with zero attached hydrogens (tertiary/aromatic N) is 2. The van der Waals surface area contributed by atoms with Crippen molar-refractivity contribution in [3.63, 3.8) is 0 Å². The van der Waals surface area contributed by atoms with Crippen LogP contribution in [0.1, 0.15) is 16.1 Å². The topological polar surface area (TPSA) is 56.1 Å². The van der Waals surface area contributed by atoms with Crippen molar-refractivity contribution in [2.24, 2.45) is 7.05 Å². The number of rotatable bonds is 4. The highest BCUT2D eigenvalue weighted by Gasteiger charge is 2.16. The van der Waals surface area contributed by atoms with Gasteiger partial charge in [-0.2, -0.15) is 5.10 Å². The smallest absolute Gasteiger partial charge is 0.340 e. The molecule has 2 aromatic rings. The molecule has 0 atom stereocenters. The number of aryl methyl sites for hydroxylation is 1. The Morgan fingerprint density at radius 1 is 1.45 bits per heavy atom. The number of hydrogen-bond acceptors (Lipinski definition) is 4. The van der Waals surface area contributed by atoms with Crippen LogP contribution in [-0.2, 0) is 18.3 Å². The van der Waals surface area contributed by atoms with Crippen LogP contribution in [0, 0.1) is 0 Å². The number of hydrogen-bond donors (Lipinski definition) is 1. The molecule has 0 amide bonds. The van der Waals surface area contributed by atoms with Gasteiger partial charge in [-0.15, -0.1) is 0 Å². The maximum Gasteiger partial charge on any atom is 0.340 e. The summed E-state index contributed by atoms with van der Waals surface area (Å²) in [5.74, 6) is -0.389. The van der Waals surface area contributed by atoms with Crippen molar-refractivity contribution >= 4 is 43.5 Å². The van der Waals surface area contributed by atoms with Gasteiger partial charge in [-0.25, -0.2) is 4.79 Å². The van der Waals surface area contributed by atoms with Gasteiger partial charge < -0.3 is 10.1 Å². The van der Waals surface area contributed by atoms with Crippen LogP contribution in [0.5, 0.6) is 0 Å². The highest BCUT2D eigenvalue weighted by Crippen LogP contribution is 2.31. The Labute approximate surface area is 133 Å².